The van der Waals surface area contributed by atoms with Crippen LogP contribution < -0.4 is 10.5 Å². The van der Waals surface area contributed by atoms with E-state index in [4.69, 9.17) is 10.5 Å². The van der Waals surface area contributed by atoms with E-state index in [2.05, 4.69) is 10.2 Å². The monoisotopic (exact) mass is 411 g/mol. The molecule has 0 saturated heterocycles. The summed E-state index contributed by atoms with van der Waals surface area (Å²) in [7, 11) is 0. The van der Waals surface area contributed by atoms with E-state index < -0.39 is 11.6 Å². The molecule has 0 aromatic heterocycles. The van der Waals surface area contributed by atoms with Crippen LogP contribution in [0.5, 0.6) is 5.75 Å². The molecular formula is C22H19F2N3OS. The third-order valence-corrected chi connectivity index (χ3v) is 4.72. The van der Waals surface area contributed by atoms with E-state index in [1.54, 1.807) is 24.4 Å². The molecule has 2 N–H and O–H groups in total. The second kappa shape index (κ2) is 10.4. The summed E-state index contributed by atoms with van der Waals surface area (Å²) in [5, 5.41) is 8.34. The second-order valence-electron chi connectivity index (χ2n) is 6.05. The highest BCUT2D eigenvalue weighted by molar-refractivity contribution is 8.13. The first-order chi connectivity index (χ1) is 14.1. The number of ether oxygens (including phenoxy) is 1. The molecule has 148 valence electrons. The van der Waals surface area contributed by atoms with Gasteiger partial charge in [0, 0.05) is 17.4 Å². The molecule has 0 heterocycles. The summed E-state index contributed by atoms with van der Waals surface area (Å²) >= 11 is 1.40. The van der Waals surface area contributed by atoms with E-state index in [9.17, 15) is 8.78 Å². The van der Waals surface area contributed by atoms with E-state index in [-0.39, 0.29) is 12.2 Å². The van der Waals surface area contributed by atoms with Crippen molar-refractivity contribution in [2.75, 3.05) is 0 Å². The Kier molecular flexibility index (Phi) is 7.35. The van der Waals surface area contributed by atoms with Crippen molar-refractivity contribution in [3.63, 3.8) is 0 Å². The van der Waals surface area contributed by atoms with E-state index in [1.165, 1.54) is 23.9 Å². The van der Waals surface area contributed by atoms with Crippen LogP contribution in [0.25, 0.3) is 0 Å². The maximum absolute atomic E-state index is 13.7. The van der Waals surface area contributed by atoms with Crippen molar-refractivity contribution in [1.29, 1.82) is 0 Å². The van der Waals surface area contributed by atoms with Gasteiger partial charge < -0.3 is 10.5 Å². The van der Waals surface area contributed by atoms with Gasteiger partial charge in [0.1, 0.15) is 24.0 Å². The van der Waals surface area contributed by atoms with Crippen molar-refractivity contribution in [2.45, 2.75) is 12.4 Å². The van der Waals surface area contributed by atoms with Gasteiger partial charge >= 0.3 is 0 Å². The lowest BCUT2D eigenvalue weighted by molar-refractivity contribution is 0.299. The van der Waals surface area contributed by atoms with Crippen molar-refractivity contribution < 1.29 is 13.5 Å². The highest BCUT2D eigenvalue weighted by Crippen LogP contribution is 2.17. The normalized spacial score (nSPS) is 11.7. The fraction of sp³-hybridized carbons (Fsp3) is 0.0909. The molecule has 0 aliphatic carbocycles. The molecule has 0 aliphatic heterocycles. The average molecular weight is 411 g/mol. The smallest absolute Gasteiger partial charge is 0.180 e. The van der Waals surface area contributed by atoms with Gasteiger partial charge in [-0.15, -0.1) is 5.10 Å². The molecule has 3 aromatic rings. The van der Waals surface area contributed by atoms with Crippen molar-refractivity contribution in [2.24, 2.45) is 15.9 Å². The third kappa shape index (κ3) is 6.73. The molecule has 3 aromatic carbocycles. The lowest BCUT2D eigenvalue weighted by Gasteiger charge is -2.07. The first kappa shape index (κ1) is 20.5. The zero-order valence-corrected chi connectivity index (χ0v) is 16.3. The Morgan fingerprint density at radius 1 is 1.00 bits per heavy atom. The molecular weight excluding hydrogens is 392 g/mol. The van der Waals surface area contributed by atoms with E-state index >= 15 is 0 Å². The van der Waals surface area contributed by atoms with E-state index in [0.29, 0.717) is 10.9 Å². The number of nitrogens with zero attached hydrogens (tertiary/aromatic N) is 2. The summed E-state index contributed by atoms with van der Waals surface area (Å²) in [4.78, 5) is 0. The quantitative estimate of drug-likeness (QED) is 0.333. The predicted octanol–water partition coefficient (Wildman–Crippen LogP) is 5.13. The van der Waals surface area contributed by atoms with Crippen molar-refractivity contribution in [3.8, 4) is 5.75 Å². The molecule has 29 heavy (non-hydrogen) atoms. The molecule has 0 atom stereocenters. The van der Waals surface area contributed by atoms with Gasteiger partial charge in [-0.2, -0.15) is 5.10 Å². The van der Waals surface area contributed by atoms with Crippen LogP contribution in [0.4, 0.5) is 8.78 Å². The van der Waals surface area contributed by atoms with Crippen LogP contribution in [-0.4, -0.2) is 11.4 Å². The maximum Gasteiger partial charge on any atom is 0.180 e. The van der Waals surface area contributed by atoms with E-state index in [0.717, 1.165) is 22.9 Å². The van der Waals surface area contributed by atoms with Crippen LogP contribution in [0.1, 0.15) is 16.7 Å². The molecule has 0 unspecified atom stereocenters. The molecule has 7 heteroatoms. The Hall–Kier alpha value is -3.19. The molecule has 0 spiro atoms. The topological polar surface area (TPSA) is 60.0 Å². The fourth-order valence-electron chi connectivity index (χ4n) is 2.40. The summed E-state index contributed by atoms with van der Waals surface area (Å²) in [5.41, 5.74) is 8.05. The predicted molar refractivity (Wildman–Crippen MR) is 114 cm³/mol. The minimum Gasteiger partial charge on any atom is -0.489 e. The summed E-state index contributed by atoms with van der Waals surface area (Å²) in [6.45, 7) is -0.00602. The summed E-state index contributed by atoms with van der Waals surface area (Å²) in [6, 6.07) is 20.4. The van der Waals surface area contributed by atoms with Crippen LogP contribution in [0, 0.1) is 11.6 Å². The summed E-state index contributed by atoms with van der Waals surface area (Å²) in [5.74, 6) is -0.00515. The largest absolute Gasteiger partial charge is 0.489 e. The number of amidine groups is 1. The number of rotatable bonds is 7. The molecule has 0 bridgehead atoms. The Morgan fingerprint density at radius 3 is 2.62 bits per heavy atom. The zero-order chi connectivity index (χ0) is 20.5. The highest BCUT2D eigenvalue weighted by Gasteiger charge is 2.05. The maximum atomic E-state index is 13.7. The van der Waals surface area contributed by atoms with E-state index in [1.807, 2.05) is 36.4 Å². The van der Waals surface area contributed by atoms with Gasteiger partial charge in [0.25, 0.3) is 0 Å². The number of nitrogens with two attached hydrogens (primary N) is 1. The standard InChI is InChI=1S/C22H19F2N3OS/c23-19-10-9-18(21(24)12-19)14-28-20-8-4-7-17(11-20)13-26-27-22(25)29-15-16-5-2-1-3-6-16/h1-13H,14-15H2,(H2,25,27). The van der Waals surface area contributed by atoms with Gasteiger partial charge in [-0.05, 0) is 35.4 Å². The molecule has 0 radical (unpaired) electrons. The molecule has 0 amide bonds. The average Bonchev–Trinajstić information content (AvgIpc) is 2.73. The molecule has 0 saturated carbocycles. The van der Waals surface area contributed by atoms with Crippen LogP contribution >= 0.6 is 11.8 Å². The lowest BCUT2D eigenvalue weighted by Crippen LogP contribution is -2.06. The number of benzene rings is 3. The van der Waals surface area contributed by atoms with Crippen molar-refractivity contribution in [1.82, 2.24) is 0 Å². The molecule has 0 fully saturated rings. The van der Waals surface area contributed by atoms with Crippen LogP contribution in [0.2, 0.25) is 0 Å². The first-order valence-electron chi connectivity index (χ1n) is 8.80. The molecule has 4 nitrogen and oxygen atoms in total. The van der Waals surface area contributed by atoms with Crippen LogP contribution in [0.3, 0.4) is 0 Å². The number of halogens is 2. The SMILES string of the molecule is NC(=NN=Cc1cccc(OCc2ccc(F)cc2F)c1)SCc1ccccc1. The third-order valence-electron chi connectivity index (χ3n) is 3.86. The molecule has 3 rings (SSSR count). The van der Waals surface area contributed by atoms with Crippen LogP contribution in [0.15, 0.2) is 83.0 Å². The Labute approximate surface area is 172 Å². The minimum absolute atomic E-state index is 0.00602. The Balaban J connectivity index is 1.54. The molecule has 0 aliphatic rings. The van der Waals surface area contributed by atoms with Gasteiger partial charge in [-0.25, -0.2) is 8.78 Å². The minimum atomic E-state index is -0.638. The Bertz CT molecular complexity index is 1010. The Morgan fingerprint density at radius 2 is 1.83 bits per heavy atom. The van der Waals surface area contributed by atoms with Crippen molar-refractivity contribution >= 4 is 23.1 Å². The first-order valence-corrected chi connectivity index (χ1v) is 9.79. The summed E-state index contributed by atoms with van der Waals surface area (Å²) < 4.78 is 32.2. The van der Waals surface area contributed by atoms with Gasteiger partial charge in [-0.3, -0.25) is 0 Å². The number of hydrogen-bond acceptors (Lipinski definition) is 4. The number of thioether (sulfide) groups is 1. The van der Waals surface area contributed by atoms with Gasteiger partial charge in [-0.1, -0.05) is 54.2 Å². The van der Waals surface area contributed by atoms with Crippen LogP contribution in [-0.2, 0) is 12.4 Å². The van der Waals surface area contributed by atoms with Gasteiger partial charge in [0.05, 0.1) is 6.21 Å². The van der Waals surface area contributed by atoms with Crippen molar-refractivity contribution in [3.05, 3.63) is 101 Å². The zero-order valence-electron chi connectivity index (χ0n) is 15.5. The lowest BCUT2D eigenvalue weighted by atomic mass is 10.2. The second-order valence-corrected chi connectivity index (χ2v) is 7.05. The summed E-state index contributed by atoms with van der Waals surface area (Å²) in [6.07, 6.45) is 1.56. The fourth-order valence-corrected chi connectivity index (χ4v) is 3.01. The number of hydrogen-bond donors (Lipinski definition) is 1. The highest BCUT2D eigenvalue weighted by atomic mass is 32.2. The van der Waals surface area contributed by atoms with Gasteiger partial charge in [0.15, 0.2) is 5.17 Å². The van der Waals surface area contributed by atoms with Gasteiger partial charge in [0.2, 0.25) is 0 Å².